The number of nitrogens with one attached hydrogen (secondary N) is 3. The zero-order valence-electron chi connectivity index (χ0n) is 11.0. The van der Waals surface area contributed by atoms with Crippen LogP contribution in [0.4, 0.5) is 5.69 Å². The fourth-order valence-corrected chi connectivity index (χ4v) is 2.21. The van der Waals surface area contributed by atoms with Crippen molar-refractivity contribution in [2.45, 2.75) is 32.7 Å². The van der Waals surface area contributed by atoms with Gasteiger partial charge in [-0.2, -0.15) is 0 Å². The Morgan fingerprint density at radius 1 is 1.39 bits per heavy atom. The van der Waals surface area contributed by atoms with E-state index >= 15 is 0 Å². The summed E-state index contributed by atoms with van der Waals surface area (Å²) < 4.78 is 0. The molecule has 4 nitrogen and oxygen atoms in total. The molecular formula is C14H21N3O. The van der Waals surface area contributed by atoms with Crippen molar-refractivity contribution >= 4 is 11.6 Å². The molecule has 1 saturated heterocycles. The standard InChI is InChI=1S/C14H21N3O/c1-3-4-11-5-7-12(8-6-11)16-14(18)13-9-15-17-10(13)2/h5-8,10,13,15,17H,3-4,9H2,1-2H3,(H,16,18). The molecule has 0 aromatic heterocycles. The SMILES string of the molecule is CCCc1ccc(NC(=O)C2CNNC2C)cc1. The lowest BCUT2D eigenvalue weighted by Gasteiger charge is -2.14. The van der Waals surface area contributed by atoms with Crippen molar-refractivity contribution in [2.24, 2.45) is 5.92 Å². The van der Waals surface area contributed by atoms with Gasteiger partial charge in [0.1, 0.15) is 0 Å². The number of amides is 1. The van der Waals surface area contributed by atoms with Crippen LogP contribution in [0, 0.1) is 5.92 Å². The maximum absolute atomic E-state index is 12.0. The zero-order valence-corrected chi connectivity index (χ0v) is 11.0. The quantitative estimate of drug-likeness (QED) is 0.759. The molecule has 2 atom stereocenters. The van der Waals surface area contributed by atoms with Crippen LogP contribution >= 0.6 is 0 Å². The third kappa shape index (κ3) is 3.09. The molecule has 0 bridgehead atoms. The molecule has 1 aromatic carbocycles. The second-order valence-corrected chi connectivity index (χ2v) is 4.86. The van der Waals surface area contributed by atoms with Crippen LogP contribution < -0.4 is 16.2 Å². The highest BCUT2D eigenvalue weighted by Gasteiger charge is 2.29. The van der Waals surface area contributed by atoms with Crippen LogP contribution in [-0.2, 0) is 11.2 Å². The van der Waals surface area contributed by atoms with E-state index in [2.05, 4.69) is 35.2 Å². The van der Waals surface area contributed by atoms with Crippen molar-refractivity contribution in [3.63, 3.8) is 0 Å². The lowest BCUT2D eigenvalue weighted by molar-refractivity contribution is -0.119. The summed E-state index contributed by atoms with van der Waals surface area (Å²) in [5.74, 6) is 0.0589. The molecule has 1 fully saturated rings. The van der Waals surface area contributed by atoms with Gasteiger partial charge in [0.15, 0.2) is 0 Å². The molecule has 0 saturated carbocycles. The summed E-state index contributed by atoms with van der Waals surface area (Å²) in [6.45, 7) is 4.85. The second kappa shape index (κ2) is 5.98. The zero-order chi connectivity index (χ0) is 13.0. The van der Waals surface area contributed by atoms with E-state index in [1.54, 1.807) is 0 Å². The third-order valence-corrected chi connectivity index (χ3v) is 3.35. The first kappa shape index (κ1) is 13.1. The van der Waals surface area contributed by atoms with E-state index in [-0.39, 0.29) is 17.9 Å². The molecule has 0 spiro atoms. The molecule has 2 unspecified atom stereocenters. The maximum atomic E-state index is 12.0. The molecule has 1 heterocycles. The monoisotopic (exact) mass is 247 g/mol. The second-order valence-electron chi connectivity index (χ2n) is 4.86. The lowest BCUT2D eigenvalue weighted by atomic mass is 10.0. The summed E-state index contributed by atoms with van der Waals surface area (Å²) in [5, 5.41) is 2.96. The molecule has 4 heteroatoms. The Kier molecular flexibility index (Phi) is 4.33. The van der Waals surface area contributed by atoms with E-state index in [9.17, 15) is 4.79 Å². The molecule has 98 valence electrons. The third-order valence-electron chi connectivity index (χ3n) is 3.35. The number of rotatable bonds is 4. The predicted molar refractivity (Wildman–Crippen MR) is 73.2 cm³/mol. The fourth-order valence-electron chi connectivity index (χ4n) is 2.21. The van der Waals surface area contributed by atoms with E-state index in [0.717, 1.165) is 18.5 Å². The number of benzene rings is 1. The van der Waals surface area contributed by atoms with Crippen LogP contribution in [0.15, 0.2) is 24.3 Å². The van der Waals surface area contributed by atoms with E-state index in [0.29, 0.717) is 6.54 Å². The van der Waals surface area contributed by atoms with Gasteiger partial charge in [-0.1, -0.05) is 25.5 Å². The van der Waals surface area contributed by atoms with E-state index < -0.39 is 0 Å². The summed E-state index contributed by atoms with van der Waals surface area (Å²) >= 11 is 0. The van der Waals surface area contributed by atoms with Gasteiger partial charge < -0.3 is 5.32 Å². The van der Waals surface area contributed by atoms with Crippen molar-refractivity contribution < 1.29 is 4.79 Å². The van der Waals surface area contributed by atoms with Gasteiger partial charge in [0, 0.05) is 18.3 Å². The van der Waals surface area contributed by atoms with Crippen molar-refractivity contribution in [1.29, 1.82) is 0 Å². The van der Waals surface area contributed by atoms with Gasteiger partial charge in [-0.25, -0.2) is 0 Å². The smallest absolute Gasteiger partial charge is 0.230 e. The highest BCUT2D eigenvalue weighted by Crippen LogP contribution is 2.14. The van der Waals surface area contributed by atoms with Gasteiger partial charge in [-0.05, 0) is 31.0 Å². The minimum atomic E-state index is -0.0136. The van der Waals surface area contributed by atoms with E-state index in [1.165, 1.54) is 5.56 Å². The van der Waals surface area contributed by atoms with Crippen molar-refractivity contribution in [2.75, 3.05) is 11.9 Å². The van der Waals surface area contributed by atoms with Gasteiger partial charge >= 0.3 is 0 Å². The Hall–Kier alpha value is -1.39. The first-order valence-electron chi connectivity index (χ1n) is 6.59. The number of hydrazine groups is 1. The normalized spacial score (nSPS) is 23.0. The molecule has 2 rings (SSSR count). The first-order chi connectivity index (χ1) is 8.70. The average Bonchev–Trinajstić information content (AvgIpc) is 2.78. The van der Waals surface area contributed by atoms with Crippen LogP contribution in [-0.4, -0.2) is 18.5 Å². The summed E-state index contributed by atoms with van der Waals surface area (Å²) in [5.41, 5.74) is 8.24. The molecule has 1 aromatic rings. The largest absolute Gasteiger partial charge is 0.326 e. The number of anilines is 1. The van der Waals surface area contributed by atoms with Gasteiger partial charge in [0.2, 0.25) is 5.91 Å². The fraction of sp³-hybridized carbons (Fsp3) is 0.500. The molecule has 18 heavy (non-hydrogen) atoms. The average molecular weight is 247 g/mol. The van der Waals surface area contributed by atoms with Crippen LogP contribution in [0.2, 0.25) is 0 Å². The summed E-state index contributed by atoms with van der Waals surface area (Å²) in [7, 11) is 0. The number of carbonyl (C=O) groups excluding carboxylic acids is 1. The molecule has 1 aliphatic rings. The minimum Gasteiger partial charge on any atom is -0.326 e. The highest BCUT2D eigenvalue weighted by atomic mass is 16.2. The minimum absolute atomic E-state index is 0.0136. The highest BCUT2D eigenvalue weighted by molar-refractivity contribution is 5.93. The van der Waals surface area contributed by atoms with Gasteiger partial charge in [-0.15, -0.1) is 0 Å². The molecule has 3 N–H and O–H groups in total. The van der Waals surface area contributed by atoms with Crippen molar-refractivity contribution in [3.05, 3.63) is 29.8 Å². The van der Waals surface area contributed by atoms with Gasteiger partial charge in [-0.3, -0.25) is 15.6 Å². The molecule has 0 aliphatic carbocycles. The number of carbonyl (C=O) groups is 1. The first-order valence-corrected chi connectivity index (χ1v) is 6.59. The number of hydrogen-bond donors (Lipinski definition) is 3. The Balaban J connectivity index is 1.94. The van der Waals surface area contributed by atoms with Crippen LogP contribution in [0.5, 0.6) is 0 Å². The van der Waals surface area contributed by atoms with Gasteiger partial charge in [0.05, 0.1) is 5.92 Å². The van der Waals surface area contributed by atoms with Crippen LogP contribution in [0.1, 0.15) is 25.8 Å². The molecule has 1 amide bonds. The maximum Gasteiger partial charge on any atom is 0.230 e. The van der Waals surface area contributed by atoms with E-state index in [4.69, 9.17) is 0 Å². The Bertz CT molecular complexity index is 402. The Labute approximate surface area is 108 Å². The summed E-state index contributed by atoms with van der Waals surface area (Å²) in [6.07, 6.45) is 2.23. The number of aryl methyl sites for hydroxylation is 1. The van der Waals surface area contributed by atoms with Crippen molar-refractivity contribution in [1.82, 2.24) is 10.9 Å². The molecule has 1 aliphatic heterocycles. The predicted octanol–water partition coefficient (Wildman–Crippen LogP) is 1.69. The number of hydrogen-bond acceptors (Lipinski definition) is 3. The van der Waals surface area contributed by atoms with Crippen LogP contribution in [0.25, 0.3) is 0 Å². The van der Waals surface area contributed by atoms with Gasteiger partial charge in [0.25, 0.3) is 0 Å². The Morgan fingerprint density at radius 3 is 2.67 bits per heavy atom. The van der Waals surface area contributed by atoms with E-state index in [1.807, 2.05) is 19.1 Å². The lowest BCUT2D eigenvalue weighted by Crippen LogP contribution is -2.33. The summed E-state index contributed by atoms with van der Waals surface area (Å²) in [4.78, 5) is 12.0. The Morgan fingerprint density at radius 2 is 2.11 bits per heavy atom. The van der Waals surface area contributed by atoms with Crippen molar-refractivity contribution in [3.8, 4) is 0 Å². The molecular weight excluding hydrogens is 226 g/mol. The summed E-state index contributed by atoms with van der Waals surface area (Å²) in [6, 6.07) is 8.28. The molecule has 0 radical (unpaired) electrons. The topological polar surface area (TPSA) is 53.2 Å². The van der Waals surface area contributed by atoms with Crippen LogP contribution in [0.3, 0.4) is 0 Å².